The number of hydrogen-bond acceptors (Lipinski definition) is 8. The number of nitrogens with one attached hydrogen (secondary N) is 3. The molecule has 1 saturated heterocycles. The van der Waals surface area contributed by atoms with Crippen molar-refractivity contribution in [2.45, 2.75) is 31.7 Å². The third kappa shape index (κ3) is 5.23. The fourth-order valence-corrected chi connectivity index (χ4v) is 4.05. The normalized spacial score (nSPS) is 17.4. The van der Waals surface area contributed by atoms with Crippen molar-refractivity contribution in [2.24, 2.45) is 0 Å². The van der Waals surface area contributed by atoms with Crippen LogP contribution in [0.25, 0.3) is 0 Å². The topological polar surface area (TPSA) is 109 Å². The number of aromatic nitrogens is 2. The molecule has 0 spiro atoms. The van der Waals surface area contributed by atoms with Crippen molar-refractivity contribution in [2.75, 3.05) is 54.1 Å². The van der Waals surface area contributed by atoms with Crippen LogP contribution >= 0.6 is 0 Å². The van der Waals surface area contributed by atoms with Gasteiger partial charge >= 0.3 is 0 Å². The molecule has 1 aliphatic carbocycles. The third-order valence-corrected chi connectivity index (χ3v) is 6.35. The minimum absolute atomic E-state index is 0.0511. The van der Waals surface area contributed by atoms with E-state index in [4.69, 9.17) is 0 Å². The number of likely N-dealkylation sites (N-methyl/N-ethyl adjacent to an activating group) is 1. The van der Waals surface area contributed by atoms with Crippen LogP contribution in [-0.4, -0.2) is 59.5 Å². The van der Waals surface area contributed by atoms with Gasteiger partial charge in [-0.15, -0.1) is 0 Å². The second kappa shape index (κ2) is 9.46. The van der Waals surface area contributed by atoms with Gasteiger partial charge in [0.2, 0.25) is 11.9 Å². The first-order chi connectivity index (χ1) is 15.9. The van der Waals surface area contributed by atoms with Crippen molar-refractivity contribution >= 4 is 34.7 Å². The second-order valence-electron chi connectivity index (χ2n) is 8.95. The molecule has 1 amide bonds. The van der Waals surface area contributed by atoms with Crippen molar-refractivity contribution in [1.29, 1.82) is 5.26 Å². The predicted octanol–water partition coefficient (Wildman–Crippen LogP) is 3.32. The summed E-state index contributed by atoms with van der Waals surface area (Å²) in [4.78, 5) is 25.6. The van der Waals surface area contributed by atoms with E-state index in [1.165, 1.54) is 12.3 Å². The minimum Gasteiger partial charge on any atom is -0.369 e. The number of amides is 1. The van der Waals surface area contributed by atoms with Gasteiger partial charge in [0, 0.05) is 37.4 Å². The molecule has 9 nitrogen and oxygen atoms in total. The Morgan fingerprint density at radius 3 is 2.64 bits per heavy atom. The van der Waals surface area contributed by atoms with E-state index >= 15 is 0 Å². The average molecular weight is 447 g/mol. The van der Waals surface area contributed by atoms with Crippen molar-refractivity contribution < 1.29 is 4.79 Å². The Kier molecular flexibility index (Phi) is 6.47. The SMILES string of the molecule is C=CC(=O)Nc1cc(N2CCN(C)CC2)ccc1Nc1ncc(C#N)c(NC2(C)CCC2)n1. The first-order valence-electron chi connectivity index (χ1n) is 11.2. The lowest BCUT2D eigenvalue weighted by Crippen LogP contribution is -2.44. The largest absolute Gasteiger partial charge is 0.369 e. The molecule has 1 saturated carbocycles. The molecule has 0 atom stereocenters. The lowest BCUT2D eigenvalue weighted by atomic mass is 9.78. The lowest BCUT2D eigenvalue weighted by molar-refractivity contribution is -0.111. The van der Waals surface area contributed by atoms with Crippen LogP contribution in [0.3, 0.4) is 0 Å². The fraction of sp³-hybridized carbons (Fsp3) is 0.417. The van der Waals surface area contributed by atoms with Gasteiger partial charge < -0.3 is 25.8 Å². The number of carbonyl (C=O) groups excluding carboxylic acids is 1. The Morgan fingerprint density at radius 1 is 1.24 bits per heavy atom. The molecule has 4 rings (SSSR count). The molecule has 1 aromatic carbocycles. The summed E-state index contributed by atoms with van der Waals surface area (Å²) < 4.78 is 0. The fourth-order valence-electron chi connectivity index (χ4n) is 4.05. The number of nitrogens with zero attached hydrogens (tertiary/aromatic N) is 5. The summed E-state index contributed by atoms with van der Waals surface area (Å²) in [5.74, 6) is 0.568. The van der Waals surface area contributed by atoms with Crippen molar-refractivity contribution in [3.05, 3.63) is 42.6 Å². The van der Waals surface area contributed by atoms with Crippen molar-refractivity contribution in [3.63, 3.8) is 0 Å². The van der Waals surface area contributed by atoms with E-state index in [1.807, 2.05) is 18.2 Å². The molecule has 2 heterocycles. The molecule has 172 valence electrons. The van der Waals surface area contributed by atoms with Crippen molar-refractivity contribution in [3.8, 4) is 6.07 Å². The van der Waals surface area contributed by atoms with Crippen LogP contribution < -0.4 is 20.9 Å². The molecule has 0 radical (unpaired) electrons. The maximum absolute atomic E-state index is 12.1. The molecule has 2 fully saturated rings. The van der Waals surface area contributed by atoms with Gasteiger partial charge in [-0.25, -0.2) is 4.98 Å². The molecule has 1 aromatic heterocycles. The second-order valence-corrected chi connectivity index (χ2v) is 8.95. The summed E-state index contributed by atoms with van der Waals surface area (Å²) in [5, 5.41) is 19.0. The van der Waals surface area contributed by atoms with Gasteiger partial charge in [0.05, 0.1) is 17.6 Å². The first-order valence-corrected chi connectivity index (χ1v) is 11.2. The average Bonchev–Trinajstić information content (AvgIpc) is 2.80. The molecule has 33 heavy (non-hydrogen) atoms. The summed E-state index contributed by atoms with van der Waals surface area (Å²) in [5.41, 5.74) is 2.66. The van der Waals surface area contributed by atoms with E-state index in [0.29, 0.717) is 28.7 Å². The summed E-state index contributed by atoms with van der Waals surface area (Å²) in [7, 11) is 2.12. The van der Waals surface area contributed by atoms with Crippen LogP contribution in [0.2, 0.25) is 0 Å². The minimum atomic E-state index is -0.297. The molecule has 2 aliphatic rings. The Labute approximate surface area is 194 Å². The van der Waals surface area contributed by atoms with Crippen LogP contribution in [0, 0.1) is 11.3 Å². The summed E-state index contributed by atoms with van der Waals surface area (Å²) >= 11 is 0. The monoisotopic (exact) mass is 446 g/mol. The molecule has 3 N–H and O–H groups in total. The maximum Gasteiger partial charge on any atom is 0.247 e. The van der Waals surface area contributed by atoms with Crippen LogP contribution in [0.4, 0.5) is 28.8 Å². The van der Waals surface area contributed by atoms with Gasteiger partial charge in [0.15, 0.2) is 0 Å². The number of anilines is 5. The predicted molar refractivity (Wildman–Crippen MR) is 131 cm³/mol. The van der Waals surface area contributed by atoms with E-state index in [1.54, 1.807) is 0 Å². The zero-order valence-electron chi connectivity index (χ0n) is 19.2. The number of hydrogen-bond donors (Lipinski definition) is 3. The highest BCUT2D eigenvalue weighted by molar-refractivity contribution is 6.01. The van der Waals surface area contributed by atoms with Gasteiger partial charge in [0.25, 0.3) is 0 Å². The van der Waals surface area contributed by atoms with Crippen LogP contribution in [-0.2, 0) is 4.79 Å². The maximum atomic E-state index is 12.1. The Bertz CT molecular complexity index is 1080. The molecule has 9 heteroatoms. The smallest absolute Gasteiger partial charge is 0.247 e. The van der Waals surface area contributed by atoms with Crippen LogP contribution in [0.15, 0.2) is 37.1 Å². The number of benzene rings is 1. The molecule has 0 bridgehead atoms. The number of nitriles is 1. The van der Waals surface area contributed by atoms with Crippen LogP contribution in [0.5, 0.6) is 0 Å². The van der Waals surface area contributed by atoms with E-state index in [0.717, 1.165) is 51.1 Å². The Hall–Kier alpha value is -3.64. The van der Waals surface area contributed by atoms with E-state index in [-0.39, 0.29) is 11.4 Å². The molecular formula is C24H30N8O. The first kappa shape index (κ1) is 22.6. The Balaban J connectivity index is 1.60. The van der Waals surface area contributed by atoms with E-state index in [9.17, 15) is 10.1 Å². The highest BCUT2D eigenvalue weighted by Gasteiger charge is 2.32. The van der Waals surface area contributed by atoms with Gasteiger partial charge in [-0.1, -0.05) is 6.58 Å². The third-order valence-electron chi connectivity index (χ3n) is 6.35. The van der Waals surface area contributed by atoms with Gasteiger partial charge in [-0.2, -0.15) is 10.2 Å². The number of rotatable bonds is 7. The number of piperazine rings is 1. The summed E-state index contributed by atoms with van der Waals surface area (Å²) in [6.45, 7) is 9.51. The molecule has 0 unspecified atom stereocenters. The highest BCUT2D eigenvalue weighted by Crippen LogP contribution is 2.35. The van der Waals surface area contributed by atoms with E-state index in [2.05, 4.69) is 62.3 Å². The Morgan fingerprint density at radius 2 is 2.00 bits per heavy atom. The molecule has 2 aromatic rings. The van der Waals surface area contributed by atoms with Gasteiger partial charge in [0.1, 0.15) is 17.5 Å². The van der Waals surface area contributed by atoms with Gasteiger partial charge in [-0.3, -0.25) is 4.79 Å². The zero-order chi connectivity index (χ0) is 23.4. The lowest BCUT2D eigenvalue weighted by Gasteiger charge is -2.39. The summed E-state index contributed by atoms with van der Waals surface area (Å²) in [6.07, 6.45) is 5.99. The van der Waals surface area contributed by atoms with E-state index < -0.39 is 0 Å². The van der Waals surface area contributed by atoms with Gasteiger partial charge in [-0.05, 0) is 57.5 Å². The number of carbonyl (C=O) groups is 1. The standard InChI is InChI=1S/C24H30N8O/c1-4-21(33)27-20-14-18(32-12-10-31(3)11-13-32)6-7-19(20)28-23-26-16-17(15-25)22(29-23)30-24(2)8-5-9-24/h4,6-7,14,16H,1,5,8-13H2,2-3H3,(H,27,33)(H2,26,28,29,30). The molecule has 1 aliphatic heterocycles. The zero-order valence-corrected chi connectivity index (χ0v) is 19.2. The van der Waals surface area contributed by atoms with Crippen LogP contribution in [0.1, 0.15) is 31.7 Å². The summed E-state index contributed by atoms with van der Waals surface area (Å²) in [6, 6.07) is 8.04. The quantitative estimate of drug-likeness (QED) is 0.556. The molecular weight excluding hydrogens is 416 g/mol. The highest BCUT2D eigenvalue weighted by atomic mass is 16.1. The van der Waals surface area contributed by atoms with Crippen molar-refractivity contribution in [1.82, 2.24) is 14.9 Å².